The number of nitrogens with one attached hydrogen (secondary N) is 3. The average molecular weight is 372 g/mol. The van der Waals surface area contributed by atoms with Crippen LogP contribution < -0.4 is 31.2 Å². The molecule has 9 nitrogen and oxygen atoms in total. The van der Waals surface area contributed by atoms with Crippen molar-refractivity contribution in [3.05, 3.63) is 30.1 Å². The van der Waals surface area contributed by atoms with Crippen molar-refractivity contribution in [2.24, 2.45) is 0 Å². The average Bonchev–Trinajstić information content (AvgIpc) is 2.68. The molecule has 5 N–H and O–H groups in total. The zero-order valence-corrected chi connectivity index (χ0v) is 15.4. The smallest absolute Gasteiger partial charge is 0.263 e. The second kappa shape index (κ2) is 8.54. The highest BCUT2D eigenvalue weighted by atomic mass is 16.5. The first kappa shape index (κ1) is 18.7. The molecule has 1 atom stereocenters. The molecule has 144 valence electrons. The van der Waals surface area contributed by atoms with Crippen LogP contribution >= 0.6 is 0 Å². The molecular weight excluding hydrogens is 348 g/mol. The molecular formula is C18H24N6O3. The van der Waals surface area contributed by atoms with Crippen molar-refractivity contribution in [3.63, 3.8) is 0 Å². The van der Waals surface area contributed by atoms with E-state index in [0.717, 1.165) is 25.9 Å². The van der Waals surface area contributed by atoms with E-state index in [-0.39, 0.29) is 17.4 Å². The fourth-order valence-corrected chi connectivity index (χ4v) is 2.97. The normalized spacial score (nSPS) is 16.4. The molecule has 1 aromatic heterocycles. The second-order valence-electron chi connectivity index (χ2n) is 6.23. The van der Waals surface area contributed by atoms with Gasteiger partial charge in [-0.2, -0.15) is 0 Å². The zero-order chi connectivity index (χ0) is 19.2. The maximum atomic E-state index is 12.9. The first-order valence-corrected chi connectivity index (χ1v) is 8.73. The number of benzene rings is 1. The third-order valence-corrected chi connectivity index (χ3v) is 4.35. The van der Waals surface area contributed by atoms with E-state index < -0.39 is 5.91 Å². The molecule has 1 aliphatic heterocycles. The summed E-state index contributed by atoms with van der Waals surface area (Å²) in [4.78, 5) is 21.1. The monoisotopic (exact) mass is 372 g/mol. The molecule has 0 spiro atoms. The van der Waals surface area contributed by atoms with Gasteiger partial charge >= 0.3 is 0 Å². The van der Waals surface area contributed by atoms with E-state index >= 15 is 0 Å². The van der Waals surface area contributed by atoms with E-state index in [2.05, 4.69) is 25.9 Å². The molecule has 1 aromatic carbocycles. The van der Waals surface area contributed by atoms with Crippen molar-refractivity contribution < 1.29 is 14.3 Å². The summed E-state index contributed by atoms with van der Waals surface area (Å²) in [5.74, 6) is 1.25. The quantitative estimate of drug-likeness (QED) is 0.601. The van der Waals surface area contributed by atoms with Gasteiger partial charge in [-0.05, 0) is 19.4 Å². The van der Waals surface area contributed by atoms with E-state index in [1.54, 1.807) is 32.4 Å². The number of rotatable bonds is 6. The largest absolute Gasteiger partial charge is 0.497 e. The van der Waals surface area contributed by atoms with Crippen LogP contribution in [-0.2, 0) is 0 Å². The van der Waals surface area contributed by atoms with Gasteiger partial charge in [0.1, 0.15) is 35.0 Å². The van der Waals surface area contributed by atoms with Gasteiger partial charge < -0.3 is 31.2 Å². The molecule has 1 unspecified atom stereocenters. The minimum atomic E-state index is -0.408. The number of amides is 1. The van der Waals surface area contributed by atoms with Gasteiger partial charge in [-0.3, -0.25) is 4.79 Å². The third kappa shape index (κ3) is 4.56. The topological polar surface area (TPSA) is 123 Å². The Hall–Kier alpha value is -3.07. The number of anilines is 3. The number of hydrogen-bond donors (Lipinski definition) is 4. The first-order valence-electron chi connectivity index (χ1n) is 8.73. The number of carbonyl (C=O) groups is 1. The Morgan fingerprint density at radius 3 is 2.59 bits per heavy atom. The van der Waals surface area contributed by atoms with E-state index in [0.29, 0.717) is 23.0 Å². The van der Waals surface area contributed by atoms with Crippen LogP contribution in [0.2, 0.25) is 0 Å². The van der Waals surface area contributed by atoms with E-state index in [9.17, 15) is 4.79 Å². The summed E-state index contributed by atoms with van der Waals surface area (Å²) in [6, 6.07) is 5.28. The van der Waals surface area contributed by atoms with Gasteiger partial charge in [-0.15, -0.1) is 0 Å². The second-order valence-corrected chi connectivity index (χ2v) is 6.23. The van der Waals surface area contributed by atoms with Crippen molar-refractivity contribution >= 4 is 23.2 Å². The lowest BCUT2D eigenvalue weighted by atomic mass is 10.1. The van der Waals surface area contributed by atoms with Gasteiger partial charge in [0, 0.05) is 36.5 Å². The van der Waals surface area contributed by atoms with Gasteiger partial charge in [0.2, 0.25) is 0 Å². The standard InChI is InChI=1S/C18H24N6O3/c1-26-13-6-12(7-14(8-13)27-2)24-18(25)15-16(19)21-10-22-17(15)23-11-4-3-5-20-9-11/h6-8,10-11,20H,3-5,9H2,1-2H3,(H,24,25)(H3,19,21,22,23). The van der Waals surface area contributed by atoms with Crippen LogP contribution in [0.5, 0.6) is 11.5 Å². The van der Waals surface area contributed by atoms with Crippen LogP contribution in [0.15, 0.2) is 24.5 Å². The van der Waals surface area contributed by atoms with E-state index in [1.807, 2.05) is 0 Å². The highest BCUT2D eigenvalue weighted by Gasteiger charge is 2.21. The molecule has 1 saturated heterocycles. The van der Waals surface area contributed by atoms with Gasteiger partial charge in [0.05, 0.1) is 14.2 Å². The van der Waals surface area contributed by atoms with Gasteiger partial charge in [-0.1, -0.05) is 0 Å². The van der Waals surface area contributed by atoms with Crippen LogP contribution in [0.4, 0.5) is 17.3 Å². The minimum Gasteiger partial charge on any atom is -0.497 e. The predicted molar refractivity (Wildman–Crippen MR) is 103 cm³/mol. The molecule has 1 amide bonds. The Morgan fingerprint density at radius 2 is 1.96 bits per heavy atom. The molecule has 2 heterocycles. The number of aromatic nitrogens is 2. The van der Waals surface area contributed by atoms with Crippen LogP contribution in [0.3, 0.4) is 0 Å². The minimum absolute atomic E-state index is 0.114. The fourth-order valence-electron chi connectivity index (χ4n) is 2.97. The number of piperidine rings is 1. The van der Waals surface area contributed by atoms with E-state index in [4.69, 9.17) is 15.2 Å². The lowest BCUT2D eigenvalue weighted by Gasteiger charge is -2.25. The molecule has 2 aromatic rings. The van der Waals surface area contributed by atoms with Crippen LogP contribution in [0.1, 0.15) is 23.2 Å². The number of carbonyl (C=O) groups excluding carboxylic acids is 1. The number of hydrogen-bond acceptors (Lipinski definition) is 8. The summed E-state index contributed by atoms with van der Waals surface area (Å²) < 4.78 is 10.5. The molecule has 0 saturated carbocycles. The van der Waals surface area contributed by atoms with Gasteiger partial charge in [0.15, 0.2) is 0 Å². The molecule has 1 aliphatic rings. The molecule has 9 heteroatoms. The fraction of sp³-hybridized carbons (Fsp3) is 0.389. The lowest BCUT2D eigenvalue weighted by Crippen LogP contribution is -2.39. The summed E-state index contributed by atoms with van der Waals surface area (Å²) in [5.41, 5.74) is 6.71. The Labute approximate surface area is 157 Å². The highest BCUT2D eigenvalue weighted by molar-refractivity contribution is 6.10. The number of nitrogens with two attached hydrogens (primary N) is 1. The van der Waals surface area contributed by atoms with Gasteiger partial charge in [-0.25, -0.2) is 9.97 Å². The summed E-state index contributed by atoms with van der Waals surface area (Å²) in [5, 5.41) is 9.43. The molecule has 27 heavy (non-hydrogen) atoms. The number of methoxy groups -OCH3 is 2. The SMILES string of the molecule is COc1cc(NC(=O)c2c(N)ncnc2NC2CCCNC2)cc(OC)c1. The Kier molecular flexibility index (Phi) is 5.92. The first-order chi connectivity index (χ1) is 13.1. The number of nitrogen functional groups attached to an aromatic ring is 1. The van der Waals surface area contributed by atoms with Crippen LogP contribution in [0.25, 0.3) is 0 Å². The Balaban J connectivity index is 1.84. The van der Waals surface area contributed by atoms with Crippen molar-refractivity contribution in [2.45, 2.75) is 18.9 Å². The zero-order valence-electron chi connectivity index (χ0n) is 15.4. The molecule has 0 radical (unpaired) electrons. The van der Waals surface area contributed by atoms with Gasteiger partial charge in [0.25, 0.3) is 5.91 Å². The molecule has 1 fully saturated rings. The maximum Gasteiger partial charge on any atom is 0.263 e. The lowest BCUT2D eigenvalue weighted by molar-refractivity contribution is 0.102. The Morgan fingerprint density at radius 1 is 1.22 bits per heavy atom. The summed E-state index contributed by atoms with van der Waals surface area (Å²) in [6.45, 7) is 1.80. The van der Waals surface area contributed by atoms with Crippen molar-refractivity contribution in [2.75, 3.05) is 43.7 Å². The van der Waals surface area contributed by atoms with Crippen molar-refractivity contribution in [1.29, 1.82) is 0 Å². The summed E-state index contributed by atoms with van der Waals surface area (Å²) >= 11 is 0. The van der Waals surface area contributed by atoms with E-state index in [1.165, 1.54) is 6.33 Å². The highest BCUT2D eigenvalue weighted by Crippen LogP contribution is 2.27. The van der Waals surface area contributed by atoms with Crippen molar-refractivity contribution in [3.8, 4) is 11.5 Å². The summed E-state index contributed by atoms with van der Waals surface area (Å²) in [7, 11) is 3.09. The maximum absolute atomic E-state index is 12.9. The molecule has 0 aliphatic carbocycles. The predicted octanol–water partition coefficient (Wildman–Crippen LogP) is 1.49. The van der Waals surface area contributed by atoms with Crippen LogP contribution in [-0.4, -0.2) is 49.2 Å². The molecule has 0 bridgehead atoms. The van der Waals surface area contributed by atoms with Crippen molar-refractivity contribution in [1.82, 2.24) is 15.3 Å². The number of ether oxygens (including phenoxy) is 2. The molecule has 3 rings (SSSR count). The Bertz CT molecular complexity index is 785. The number of nitrogens with zero attached hydrogens (tertiary/aromatic N) is 2. The summed E-state index contributed by atoms with van der Waals surface area (Å²) in [6.07, 6.45) is 3.40. The third-order valence-electron chi connectivity index (χ3n) is 4.35. The van der Waals surface area contributed by atoms with Crippen LogP contribution in [0, 0.1) is 0 Å².